The number of amides is 1. The lowest BCUT2D eigenvalue weighted by Gasteiger charge is -2.06. The van der Waals surface area contributed by atoms with E-state index in [2.05, 4.69) is 10.3 Å². The maximum absolute atomic E-state index is 11.8. The lowest BCUT2D eigenvalue weighted by atomic mass is 10.1. The molecule has 0 unspecified atom stereocenters. The van der Waals surface area contributed by atoms with Crippen molar-refractivity contribution in [2.45, 2.75) is 0 Å². The van der Waals surface area contributed by atoms with E-state index in [9.17, 15) is 24.8 Å². The fourth-order valence-corrected chi connectivity index (χ4v) is 1.60. The molecular weight excluding hydrogens is 282 g/mol. The van der Waals surface area contributed by atoms with Crippen molar-refractivity contribution < 1.29 is 24.7 Å². The van der Waals surface area contributed by atoms with Gasteiger partial charge in [0.05, 0.1) is 11.1 Å². The van der Waals surface area contributed by atoms with Crippen molar-refractivity contribution in [2.24, 2.45) is 0 Å². The number of aromatic carboxylic acids is 1. The zero-order valence-electron chi connectivity index (χ0n) is 10.4. The normalized spacial score (nSPS) is 10.1. The number of H-pyrrole nitrogens is 1. The van der Waals surface area contributed by atoms with Crippen LogP contribution in [0.1, 0.15) is 20.8 Å². The van der Waals surface area contributed by atoms with E-state index in [-0.39, 0.29) is 22.6 Å². The molecule has 2 aromatic rings. The van der Waals surface area contributed by atoms with Crippen LogP contribution in [0.2, 0.25) is 0 Å². The number of aromatic amines is 1. The first kappa shape index (κ1) is 14.1. The third-order valence-corrected chi connectivity index (χ3v) is 2.61. The molecule has 21 heavy (non-hydrogen) atoms. The molecule has 1 aromatic carbocycles. The highest BCUT2D eigenvalue weighted by atomic mass is 16.6. The van der Waals surface area contributed by atoms with Crippen molar-refractivity contribution >= 4 is 23.3 Å². The van der Waals surface area contributed by atoms with Crippen LogP contribution >= 0.6 is 0 Å². The number of nitrogens with zero attached hydrogens (tertiary/aromatic N) is 1. The van der Waals surface area contributed by atoms with Crippen molar-refractivity contribution in [1.29, 1.82) is 0 Å². The summed E-state index contributed by atoms with van der Waals surface area (Å²) in [6, 6.07) is 4.55. The lowest BCUT2D eigenvalue weighted by molar-refractivity contribution is -0.384. The molecule has 0 atom stereocenters. The zero-order valence-corrected chi connectivity index (χ0v) is 10.4. The third kappa shape index (κ3) is 2.97. The number of phenols is 1. The van der Waals surface area contributed by atoms with Crippen LogP contribution in [-0.2, 0) is 0 Å². The summed E-state index contributed by atoms with van der Waals surface area (Å²) in [6.45, 7) is 0. The second-order valence-electron chi connectivity index (χ2n) is 4.02. The molecule has 1 heterocycles. The lowest BCUT2D eigenvalue weighted by Crippen LogP contribution is -2.12. The summed E-state index contributed by atoms with van der Waals surface area (Å²) in [5.74, 6) is -2.46. The number of rotatable bonds is 4. The number of carbonyl (C=O) groups is 2. The Bertz CT molecular complexity index is 736. The molecule has 108 valence electrons. The SMILES string of the molecule is O=C(Nc1ccc(O)c(C(=O)O)c1)c1cc([N+](=O)[O-])c[nH]1. The molecule has 0 saturated heterocycles. The number of nitrogens with one attached hydrogen (secondary N) is 2. The molecule has 0 radical (unpaired) electrons. The summed E-state index contributed by atoms with van der Waals surface area (Å²) in [5, 5.41) is 31.1. The molecule has 2 rings (SSSR count). The Balaban J connectivity index is 2.21. The van der Waals surface area contributed by atoms with Gasteiger partial charge < -0.3 is 20.5 Å². The van der Waals surface area contributed by atoms with Crippen molar-refractivity contribution in [2.75, 3.05) is 5.32 Å². The van der Waals surface area contributed by atoms with Crippen molar-refractivity contribution in [1.82, 2.24) is 4.98 Å². The molecule has 0 spiro atoms. The second-order valence-corrected chi connectivity index (χ2v) is 4.02. The van der Waals surface area contributed by atoms with E-state index in [0.29, 0.717) is 0 Å². The van der Waals surface area contributed by atoms with E-state index in [1.165, 1.54) is 6.07 Å². The molecule has 0 aliphatic carbocycles. The zero-order chi connectivity index (χ0) is 15.6. The highest BCUT2D eigenvalue weighted by molar-refractivity contribution is 6.04. The number of anilines is 1. The molecule has 0 fully saturated rings. The molecule has 0 aliphatic rings. The average molecular weight is 291 g/mol. The van der Waals surface area contributed by atoms with Gasteiger partial charge in [-0.15, -0.1) is 0 Å². The fourth-order valence-electron chi connectivity index (χ4n) is 1.60. The first-order chi connectivity index (χ1) is 9.88. The minimum Gasteiger partial charge on any atom is -0.507 e. The predicted octanol–water partition coefficient (Wildman–Crippen LogP) is 1.58. The molecule has 0 aliphatic heterocycles. The van der Waals surface area contributed by atoms with E-state index in [1.54, 1.807) is 0 Å². The number of nitro groups is 1. The first-order valence-corrected chi connectivity index (χ1v) is 5.59. The van der Waals surface area contributed by atoms with Gasteiger partial charge in [-0.25, -0.2) is 4.79 Å². The minimum atomic E-state index is -1.35. The largest absolute Gasteiger partial charge is 0.507 e. The van der Waals surface area contributed by atoms with E-state index in [0.717, 1.165) is 24.4 Å². The maximum atomic E-state index is 11.8. The van der Waals surface area contributed by atoms with Crippen LogP contribution in [-0.4, -0.2) is 32.0 Å². The highest BCUT2D eigenvalue weighted by Gasteiger charge is 2.16. The first-order valence-electron chi connectivity index (χ1n) is 5.59. The quantitative estimate of drug-likeness (QED) is 0.382. The van der Waals surface area contributed by atoms with Gasteiger partial charge in [-0.05, 0) is 18.2 Å². The maximum Gasteiger partial charge on any atom is 0.339 e. The van der Waals surface area contributed by atoms with Gasteiger partial charge in [0.25, 0.3) is 11.6 Å². The molecule has 1 aromatic heterocycles. The number of carboxylic acid groups (broad SMARTS) is 1. The molecule has 9 nitrogen and oxygen atoms in total. The summed E-state index contributed by atoms with van der Waals surface area (Å²) >= 11 is 0. The highest BCUT2D eigenvalue weighted by Crippen LogP contribution is 2.22. The number of carboxylic acids is 1. The summed E-state index contributed by atoms with van der Waals surface area (Å²) in [6.07, 6.45) is 1.06. The van der Waals surface area contributed by atoms with Crippen molar-refractivity contribution in [3.63, 3.8) is 0 Å². The molecule has 4 N–H and O–H groups in total. The number of benzene rings is 1. The summed E-state index contributed by atoms with van der Waals surface area (Å²) < 4.78 is 0. The molecule has 0 saturated carbocycles. The topological polar surface area (TPSA) is 146 Å². The Morgan fingerprint density at radius 3 is 2.57 bits per heavy atom. The Labute approximate surface area is 117 Å². The number of hydrogen-bond donors (Lipinski definition) is 4. The van der Waals surface area contributed by atoms with E-state index in [4.69, 9.17) is 5.11 Å². The Morgan fingerprint density at radius 1 is 1.29 bits per heavy atom. The van der Waals surface area contributed by atoms with E-state index < -0.39 is 22.5 Å². The van der Waals surface area contributed by atoms with Gasteiger partial charge in [-0.1, -0.05) is 0 Å². The summed E-state index contributed by atoms with van der Waals surface area (Å²) in [5.41, 5.74) is -0.554. The van der Waals surface area contributed by atoms with E-state index in [1.807, 2.05) is 0 Å². The summed E-state index contributed by atoms with van der Waals surface area (Å²) in [4.78, 5) is 35.0. The van der Waals surface area contributed by atoms with Crippen LogP contribution in [0.3, 0.4) is 0 Å². The Kier molecular flexibility index (Phi) is 3.57. The van der Waals surface area contributed by atoms with Gasteiger partial charge >= 0.3 is 5.97 Å². The Morgan fingerprint density at radius 2 is 2.00 bits per heavy atom. The predicted molar refractivity (Wildman–Crippen MR) is 70.5 cm³/mol. The minimum absolute atomic E-state index is 0.0494. The van der Waals surface area contributed by atoms with Crippen LogP contribution in [0.4, 0.5) is 11.4 Å². The molecule has 1 amide bonds. The van der Waals surface area contributed by atoms with Gasteiger partial charge in [0.15, 0.2) is 0 Å². The number of hydrogen-bond acceptors (Lipinski definition) is 5. The monoisotopic (exact) mass is 291 g/mol. The average Bonchev–Trinajstić information content (AvgIpc) is 2.90. The molecule has 0 bridgehead atoms. The van der Waals surface area contributed by atoms with Crippen LogP contribution in [0.25, 0.3) is 0 Å². The molecular formula is C12H9N3O6. The smallest absolute Gasteiger partial charge is 0.339 e. The molecule has 9 heteroatoms. The van der Waals surface area contributed by atoms with Gasteiger partial charge in [-0.2, -0.15) is 0 Å². The number of aromatic nitrogens is 1. The van der Waals surface area contributed by atoms with Crippen LogP contribution in [0, 0.1) is 10.1 Å². The van der Waals surface area contributed by atoms with E-state index >= 15 is 0 Å². The van der Waals surface area contributed by atoms with Gasteiger partial charge in [0.2, 0.25) is 0 Å². The van der Waals surface area contributed by atoms with Crippen molar-refractivity contribution in [3.8, 4) is 5.75 Å². The van der Waals surface area contributed by atoms with Gasteiger partial charge in [-0.3, -0.25) is 14.9 Å². The van der Waals surface area contributed by atoms with Crippen LogP contribution in [0.5, 0.6) is 5.75 Å². The standard InChI is InChI=1S/C12H9N3O6/c16-10-2-1-6(3-8(10)12(18)19)14-11(17)9-4-7(5-13-9)15(20)21/h1-5,13,16H,(H,14,17)(H,18,19). The van der Waals surface area contributed by atoms with Crippen molar-refractivity contribution in [3.05, 3.63) is 51.8 Å². The fraction of sp³-hybridized carbons (Fsp3) is 0. The van der Waals surface area contributed by atoms with Crippen LogP contribution < -0.4 is 5.32 Å². The van der Waals surface area contributed by atoms with Gasteiger partial charge in [0, 0.05) is 11.8 Å². The second kappa shape index (κ2) is 5.33. The van der Waals surface area contributed by atoms with Crippen LogP contribution in [0.15, 0.2) is 30.5 Å². The third-order valence-electron chi connectivity index (χ3n) is 2.61. The van der Waals surface area contributed by atoms with Gasteiger partial charge in [0.1, 0.15) is 17.0 Å². The summed E-state index contributed by atoms with van der Waals surface area (Å²) in [7, 11) is 0. The number of carbonyl (C=O) groups excluding carboxylic acids is 1. The number of aromatic hydroxyl groups is 1. The Hall–Kier alpha value is -3.36.